The number of nitrogens with zero attached hydrogens (tertiary/aromatic N) is 3. The molecule has 5 heteroatoms. The Morgan fingerprint density at radius 2 is 2.05 bits per heavy atom. The standard InChI is InChI=1S/C15H20N4O/c1-12(13-6-4-3-5-7-13)19(11-15(16)20)10-14-8-9-18(2)17-14/h3-9,12H,10-11H2,1-2H3,(H2,16,20)/t12-/m1/s1. The predicted molar refractivity (Wildman–Crippen MR) is 77.7 cm³/mol. The average Bonchev–Trinajstić information content (AvgIpc) is 2.83. The second-order valence-corrected chi connectivity index (χ2v) is 4.94. The highest BCUT2D eigenvalue weighted by atomic mass is 16.1. The number of hydrogen-bond donors (Lipinski definition) is 1. The Kier molecular flexibility index (Phi) is 4.53. The zero-order valence-electron chi connectivity index (χ0n) is 11.9. The van der Waals surface area contributed by atoms with Gasteiger partial charge in [0.2, 0.25) is 5.91 Å². The van der Waals surface area contributed by atoms with Gasteiger partial charge in [-0.05, 0) is 18.6 Å². The van der Waals surface area contributed by atoms with Crippen molar-refractivity contribution in [2.24, 2.45) is 12.8 Å². The fraction of sp³-hybridized carbons (Fsp3) is 0.333. The maximum Gasteiger partial charge on any atom is 0.231 e. The van der Waals surface area contributed by atoms with Crippen LogP contribution in [-0.4, -0.2) is 27.1 Å². The van der Waals surface area contributed by atoms with E-state index in [1.807, 2.05) is 42.4 Å². The van der Waals surface area contributed by atoms with Gasteiger partial charge in [-0.15, -0.1) is 0 Å². The second-order valence-electron chi connectivity index (χ2n) is 4.94. The lowest BCUT2D eigenvalue weighted by atomic mass is 10.1. The number of rotatable bonds is 6. The molecule has 0 fully saturated rings. The van der Waals surface area contributed by atoms with Gasteiger partial charge in [0.05, 0.1) is 12.2 Å². The molecule has 0 spiro atoms. The molecule has 20 heavy (non-hydrogen) atoms. The number of amides is 1. The maximum absolute atomic E-state index is 11.3. The molecule has 1 aromatic heterocycles. The van der Waals surface area contributed by atoms with Crippen LogP contribution < -0.4 is 5.73 Å². The topological polar surface area (TPSA) is 64.2 Å². The zero-order valence-corrected chi connectivity index (χ0v) is 11.9. The number of carbonyl (C=O) groups is 1. The molecule has 106 valence electrons. The van der Waals surface area contributed by atoms with E-state index in [0.29, 0.717) is 6.54 Å². The van der Waals surface area contributed by atoms with Crippen molar-refractivity contribution < 1.29 is 4.79 Å². The first-order chi connectivity index (χ1) is 9.56. The Morgan fingerprint density at radius 1 is 1.35 bits per heavy atom. The lowest BCUT2D eigenvalue weighted by Gasteiger charge is -2.27. The van der Waals surface area contributed by atoms with E-state index in [1.54, 1.807) is 4.68 Å². The van der Waals surface area contributed by atoms with Gasteiger partial charge in [0.1, 0.15) is 0 Å². The molecule has 2 rings (SSSR count). The number of hydrogen-bond acceptors (Lipinski definition) is 3. The van der Waals surface area contributed by atoms with E-state index in [2.05, 4.69) is 24.2 Å². The Balaban J connectivity index is 2.16. The van der Waals surface area contributed by atoms with Crippen molar-refractivity contribution in [1.82, 2.24) is 14.7 Å². The SMILES string of the molecule is C[C@H](c1ccccc1)N(CC(N)=O)Cc1ccn(C)n1. The van der Waals surface area contributed by atoms with Crippen LogP contribution in [0.25, 0.3) is 0 Å². The van der Waals surface area contributed by atoms with Gasteiger partial charge in [-0.2, -0.15) is 5.10 Å². The highest BCUT2D eigenvalue weighted by Crippen LogP contribution is 2.21. The van der Waals surface area contributed by atoms with Gasteiger partial charge in [-0.3, -0.25) is 14.4 Å². The summed E-state index contributed by atoms with van der Waals surface area (Å²) in [6, 6.07) is 12.1. The lowest BCUT2D eigenvalue weighted by Crippen LogP contribution is -2.35. The Bertz CT molecular complexity index is 564. The molecular weight excluding hydrogens is 252 g/mol. The minimum atomic E-state index is -0.330. The summed E-state index contributed by atoms with van der Waals surface area (Å²) in [5.41, 5.74) is 7.45. The first-order valence-corrected chi connectivity index (χ1v) is 6.62. The van der Waals surface area contributed by atoms with E-state index in [-0.39, 0.29) is 18.5 Å². The third-order valence-electron chi connectivity index (χ3n) is 3.32. The van der Waals surface area contributed by atoms with Crippen molar-refractivity contribution in [3.05, 3.63) is 53.9 Å². The molecule has 0 bridgehead atoms. The third-order valence-corrected chi connectivity index (χ3v) is 3.32. The van der Waals surface area contributed by atoms with Crippen LogP contribution in [-0.2, 0) is 18.4 Å². The molecule has 1 amide bonds. The number of aryl methyl sites for hydroxylation is 1. The first kappa shape index (κ1) is 14.3. The van der Waals surface area contributed by atoms with Crippen LogP contribution in [0.4, 0.5) is 0 Å². The van der Waals surface area contributed by atoms with Gasteiger partial charge < -0.3 is 5.73 Å². The zero-order chi connectivity index (χ0) is 14.5. The molecule has 5 nitrogen and oxygen atoms in total. The van der Waals surface area contributed by atoms with Gasteiger partial charge in [-0.1, -0.05) is 30.3 Å². The van der Waals surface area contributed by atoms with Crippen LogP contribution in [0.3, 0.4) is 0 Å². The van der Waals surface area contributed by atoms with E-state index in [0.717, 1.165) is 11.3 Å². The van der Waals surface area contributed by atoms with Crippen molar-refractivity contribution >= 4 is 5.91 Å². The fourth-order valence-electron chi connectivity index (χ4n) is 2.23. The highest BCUT2D eigenvalue weighted by molar-refractivity contribution is 5.76. The molecule has 0 radical (unpaired) electrons. The van der Waals surface area contributed by atoms with Crippen LogP contribution >= 0.6 is 0 Å². The monoisotopic (exact) mass is 272 g/mol. The second kappa shape index (κ2) is 6.34. The smallest absolute Gasteiger partial charge is 0.231 e. The van der Waals surface area contributed by atoms with Gasteiger partial charge in [0, 0.05) is 25.8 Å². The molecule has 2 aromatic rings. The van der Waals surface area contributed by atoms with Crippen molar-refractivity contribution in [3.63, 3.8) is 0 Å². The molecule has 1 atom stereocenters. The summed E-state index contributed by atoms with van der Waals surface area (Å²) in [7, 11) is 1.88. The van der Waals surface area contributed by atoms with Crippen molar-refractivity contribution in [2.75, 3.05) is 6.54 Å². The van der Waals surface area contributed by atoms with E-state index < -0.39 is 0 Å². The normalized spacial score (nSPS) is 12.6. The quantitative estimate of drug-likeness (QED) is 0.866. The molecule has 2 N–H and O–H groups in total. The summed E-state index contributed by atoms with van der Waals surface area (Å²) in [5, 5.41) is 4.36. The summed E-state index contributed by atoms with van der Waals surface area (Å²) >= 11 is 0. The largest absolute Gasteiger partial charge is 0.369 e. The van der Waals surface area contributed by atoms with E-state index in [1.165, 1.54) is 0 Å². The summed E-state index contributed by atoms with van der Waals surface area (Å²) < 4.78 is 1.75. The number of aromatic nitrogens is 2. The van der Waals surface area contributed by atoms with Gasteiger partial charge in [0.25, 0.3) is 0 Å². The van der Waals surface area contributed by atoms with Crippen LogP contribution in [0.15, 0.2) is 42.6 Å². The van der Waals surface area contributed by atoms with Gasteiger partial charge >= 0.3 is 0 Å². The maximum atomic E-state index is 11.3. The van der Waals surface area contributed by atoms with Crippen LogP contribution in [0.5, 0.6) is 0 Å². The molecular formula is C15H20N4O. The Hall–Kier alpha value is -2.14. The van der Waals surface area contributed by atoms with Crippen molar-refractivity contribution in [2.45, 2.75) is 19.5 Å². The molecule has 1 heterocycles. The number of primary amides is 1. The number of nitrogens with two attached hydrogens (primary N) is 1. The van der Waals surface area contributed by atoms with Crippen molar-refractivity contribution in [3.8, 4) is 0 Å². The first-order valence-electron chi connectivity index (χ1n) is 6.62. The fourth-order valence-corrected chi connectivity index (χ4v) is 2.23. The van der Waals surface area contributed by atoms with E-state index >= 15 is 0 Å². The molecule has 1 aromatic carbocycles. The van der Waals surface area contributed by atoms with Crippen LogP contribution in [0, 0.1) is 0 Å². The number of carbonyl (C=O) groups excluding carboxylic acids is 1. The average molecular weight is 272 g/mol. The van der Waals surface area contributed by atoms with Crippen LogP contribution in [0.2, 0.25) is 0 Å². The predicted octanol–water partition coefficient (Wildman–Crippen LogP) is 1.47. The van der Waals surface area contributed by atoms with Crippen molar-refractivity contribution in [1.29, 1.82) is 0 Å². The third kappa shape index (κ3) is 3.68. The van der Waals surface area contributed by atoms with E-state index in [4.69, 9.17) is 5.73 Å². The molecule has 0 aliphatic rings. The molecule has 0 aliphatic carbocycles. The minimum Gasteiger partial charge on any atom is -0.369 e. The minimum absolute atomic E-state index is 0.103. The summed E-state index contributed by atoms with van der Waals surface area (Å²) in [4.78, 5) is 13.3. The van der Waals surface area contributed by atoms with Gasteiger partial charge in [-0.25, -0.2) is 0 Å². The molecule has 0 aliphatic heterocycles. The molecule has 0 saturated carbocycles. The molecule has 0 saturated heterocycles. The Labute approximate surface area is 119 Å². The summed E-state index contributed by atoms with van der Waals surface area (Å²) in [6.45, 7) is 2.88. The lowest BCUT2D eigenvalue weighted by molar-refractivity contribution is -0.119. The summed E-state index contributed by atoms with van der Waals surface area (Å²) in [5.74, 6) is -0.330. The van der Waals surface area contributed by atoms with Crippen LogP contribution in [0.1, 0.15) is 24.2 Å². The Morgan fingerprint density at radius 3 is 2.60 bits per heavy atom. The van der Waals surface area contributed by atoms with Gasteiger partial charge in [0.15, 0.2) is 0 Å². The summed E-state index contributed by atoms with van der Waals surface area (Å²) in [6.07, 6.45) is 1.89. The number of benzene rings is 1. The highest BCUT2D eigenvalue weighted by Gasteiger charge is 2.18. The van der Waals surface area contributed by atoms with E-state index in [9.17, 15) is 4.79 Å². The molecule has 0 unspecified atom stereocenters.